The van der Waals surface area contributed by atoms with Gasteiger partial charge in [0, 0.05) is 15.7 Å². The second-order valence-electron chi connectivity index (χ2n) is 7.88. The fourth-order valence-electron chi connectivity index (χ4n) is 3.32. The third-order valence-electron chi connectivity index (χ3n) is 5.20. The Kier molecular flexibility index (Phi) is 7.98. The molecular weight excluding hydrogens is 526 g/mol. The van der Waals surface area contributed by atoms with E-state index in [9.17, 15) is 18.8 Å². The van der Waals surface area contributed by atoms with Gasteiger partial charge in [-0.15, -0.1) is 0 Å². The number of hydrogen-bond donors (Lipinski definition) is 1. The number of benzene rings is 3. The van der Waals surface area contributed by atoms with Crippen molar-refractivity contribution in [2.24, 2.45) is 0 Å². The normalized spacial score (nSPS) is 14.4. The fourth-order valence-corrected chi connectivity index (χ4v) is 4.56. The SMILES string of the molecule is Cc1ccc(NC(=O)COc2cccc(/C=C3\SC(=O)N(Cc4ccc(F)cc4Cl)C3=O)c2)cc1Cl. The summed E-state index contributed by atoms with van der Waals surface area (Å²) in [4.78, 5) is 38.8. The number of imide groups is 1. The Bertz CT molecular complexity index is 1400. The minimum atomic E-state index is -0.503. The van der Waals surface area contributed by atoms with Crippen LogP contribution in [0.4, 0.5) is 14.9 Å². The molecule has 0 atom stereocenters. The van der Waals surface area contributed by atoms with Crippen LogP contribution in [0, 0.1) is 12.7 Å². The number of hydrogen-bond acceptors (Lipinski definition) is 5. The molecule has 1 saturated heterocycles. The average molecular weight is 545 g/mol. The maximum atomic E-state index is 13.3. The lowest BCUT2D eigenvalue weighted by Crippen LogP contribution is -2.27. The molecule has 184 valence electrons. The van der Waals surface area contributed by atoms with Crippen molar-refractivity contribution in [3.05, 3.63) is 98.1 Å². The first-order chi connectivity index (χ1) is 17.2. The van der Waals surface area contributed by atoms with E-state index in [1.54, 1.807) is 48.5 Å². The number of carbonyl (C=O) groups excluding carboxylic acids is 3. The van der Waals surface area contributed by atoms with Crippen molar-refractivity contribution >= 4 is 63.8 Å². The zero-order valence-electron chi connectivity index (χ0n) is 18.9. The van der Waals surface area contributed by atoms with Crippen molar-refractivity contribution in [2.45, 2.75) is 13.5 Å². The van der Waals surface area contributed by atoms with E-state index >= 15 is 0 Å². The zero-order valence-corrected chi connectivity index (χ0v) is 21.2. The molecule has 0 aliphatic carbocycles. The molecule has 3 aromatic carbocycles. The van der Waals surface area contributed by atoms with Crippen LogP contribution in [0.3, 0.4) is 0 Å². The second kappa shape index (κ2) is 11.2. The lowest BCUT2D eigenvalue weighted by molar-refractivity contribution is -0.123. The lowest BCUT2D eigenvalue weighted by Gasteiger charge is -2.13. The van der Waals surface area contributed by atoms with Crippen molar-refractivity contribution in [3.8, 4) is 5.75 Å². The van der Waals surface area contributed by atoms with Gasteiger partial charge in [0.15, 0.2) is 6.61 Å². The summed E-state index contributed by atoms with van der Waals surface area (Å²) >= 11 is 12.9. The largest absolute Gasteiger partial charge is 0.484 e. The first-order valence-electron chi connectivity index (χ1n) is 10.7. The van der Waals surface area contributed by atoms with Crippen molar-refractivity contribution in [1.82, 2.24) is 4.90 Å². The van der Waals surface area contributed by atoms with Gasteiger partial charge in [-0.25, -0.2) is 4.39 Å². The van der Waals surface area contributed by atoms with Gasteiger partial charge in [-0.1, -0.05) is 47.5 Å². The molecule has 1 heterocycles. The van der Waals surface area contributed by atoms with Gasteiger partial charge in [0.2, 0.25) is 0 Å². The van der Waals surface area contributed by atoms with E-state index in [1.807, 2.05) is 6.92 Å². The molecule has 10 heteroatoms. The van der Waals surface area contributed by atoms with Gasteiger partial charge in [0.1, 0.15) is 11.6 Å². The van der Waals surface area contributed by atoms with Crippen LogP contribution >= 0.6 is 35.0 Å². The van der Waals surface area contributed by atoms with Gasteiger partial charge in [-0.05, 0) is 77.9 Å². The number of halogens is 3. The molecule has 0 bridgehead atoms. The van der Waals surface area contributed by atoms with Crippen LogP contribution in [0.5, 0.6) is 5.75 Å². The molecule has 0 spiro atoms. The van der Waals surface area contributed by atoms with Crippen molar-refractivity contribution in [3.63, 3.8) is 0 Å². The topological polar surface area (TPSA) is 75.7 Å². The monoisotopic (exact) mass is 544 g/mol. The van der Waals surface area contributed by atoms with Crippen LogP contribution in [0.1, 0.15) is 16.7 Å². The maximum Gasteiger partial charge on any atom is 0.293 e. The first-order valence-corrected chi connectivity index (χ1v) is 12.2. The molecule has 3 aromatic rings. The Morgan fingerprint density at radius 1 is 1.08 bits per heavy atom. The van der Waals surface area contributed by atoms with Crippen molar-refractivity contribution < 1.29 is 23.5 Å². The lowest BCUT2D eigenvalue weighted by atomic mass is 10.2. The Morgan fingerprint density at radius 3 is 2.64 bits per heavy atom. The summed E-state index contributed by atoms with van der Waals surface area (Å²) < 4.78 is 18.9. The Morgan fingerprint density at radius 2 is 1.89 bits per heavy atom. The molecule has 0 unspecified atom stereocenters. The van der Waals surface area contributed by atoms with E-state index in [0.717, 1.165) is 28.3 Å². The molecule has 0 radical (unpaired) electrons. The van der Waals surface area contributed by atoms with Gasteiger partial charge in [0.05, 0.1) is 11.4 Å². The molecule has 4 rings (SSSR count). The van der Waals surface area contributed by atoms with Crippen molar-refractivity contribution in [1.29, 1.82) is 0 Å². The summed E-state index contributed by atoms with van der Waals surface area (Å²) in [6.07, 6.45) is 1.57. The predicted octanol–water partition coefficient (Wildman–Crippen LogP) is 6.69. The number of rotatable bonds is 7. The van der Waals surface area contributed by atoms with E-state index in [4.69, 9.17) is 27.9 Å². The van der Waals surface area contributed by atoms with Gasteiger partial charge in [-0.2, -0.15) is 0 Å². The molecule has 1 aliphatic heterocycles. The zero-order chi connectivity index (χ0) is 25.8. The summed E-state index contributed by atoms with van der Waals surface area (Å²) in [5, 5.41) is 2.95. The van der Waals surface area contributed by atoms with E-state index in [-0.39, 0.29) is 29.0 Å². The summed E-state index contributed by atoms with van der Waals surface area (Å²) in [5.74, 6) is -0.927. The number of ether oxygens (including phenoxy) is 1. The number of amides is 3. The standard InChI is InChI=1S/C26H19Cl2FN2O4S/c1-15-5-8-19(12-21(15)27)30-24(32)14-35-20-4-2-3-16(9-20)10-23-25(33)31(26(34)36-23)13-17-6-7-18(29)11-22(17)28/h2-12H,13-14H2,1H3,(H,30,32)/b23-10-. The summed E-state index contributed by atoms with van der Waals surface area (Å²) in [6.45, 7) is 1.57. The summed E-state index contributed by atoms with van der Waals surface area (Å²) in [7, 11) is 0. The molecular formula is C26H19Cl2FN2O4S. The highest BCUT2D eigenvalue weighted by Gasteiger charge is 2.35. The Hall–Kier alpha value is -3.33. The number of nitrogens with one attached hydrogen (secondary N) is 1. The third-order valence-corrected chi connectivity index (χ3v) is 6.86. The maximum absolute atomic E-state index is 13.3. The van der Waals surface area contributed by atoms with Gasteiger partial charge in [0.25, 0.3) is 17.1 Å². The quantitative estimate of drug-likeness (QED) is 0.335. The number of nitrogens with zero attached hydrogens (tertiary/aromatic N) is 1. The molecule has 0 saturated carbocycles. The van der Waals surface area contributed by atoms with Gasteiger partial charge >= 0.3 is 0 Å². The smallest absolute Gasteiger partial charge is 0.293 e. The van der Waals surface area contributed by atoms with Crippen molar-refractivity contribution in [2.75, 3.05) is 11.9 Å². The second-order valence-corrected chi connectivity index (χ2v) is 9.68. The van der Waals surface area contributed by atoms with E-state index in [2.05, 4.69) is 5.32 Å². The minimum absolute atomic E-state index is 0.0639. The molecule has 3 amide bonds. The van der Waals surface area contributed by atoms with Crippen LogP contribution in [-0.4, -0.2) is 28.6 Å². The highest BCUT2D eigenvalue weighted by atomic mass is 35.5. The van der Waals surface area contributed by atoms with Crippen LogP contribution in [0.2, 0.25) is 10.0 Å². The Labute approximate surface area is 221 Å². The highest BCUT2D eigenvalue weighted by Crippen LogP contribution is 2.34. The molecule has 6 nitrogen and oxygen atoms in total. The molecule has 1 N–H and O–H groups in total. The van der Waals surface area contributed by atoms with Gasteiger partial charge in [-0.3, -0.25) is 19.3 Å². The fraction of sp³-hybridized carbons (Fsp3) is 0.115. The average Bonchev–Trinajstić information content (AvgIpc) is 3.09. The van der Waals surface area contributed by atoms with E-state index in [1.165, 1.54) is 12.1 Å². The van der Waals surface area contributed by atoms with Crippen LogP contribution in [0.15, 0.2) is 65.6 Å². The number of carbonyl (C=O) groups is 3. The number of anilines is 1. The Balaban J connectivity index is 1.39. The highest BCUT2D eigenvalue weighted by molar-refractivity contribution is 8.18. The molecule has 36 heavy (non-hydrogen) atoms. The predicted molar refractivity (Wildman–Crippen MR) is 140 cm³/mol. The van der Waals surface area contributed by atoms with E-state index in [0.29, 0.717) is 27.6 Å². The van der Waals surface area contributed by atoms with Crippen LogP contribution in [-0.2, 0) is 16.1 Å². The third kappa shape index (κ3) is 6.26. The molecule has 1 aliphatic rings. The van der Waals surface area contributed by atoms with Crippen LogP contribution in [0.25, 0.3) is 6.08 Å². The summed E-state index contributed by atoms with van der Waals surface area (Å²) in [6, 6.07) is 15.8. The molecule has 1 fully saturated rings. The minimum Gasteiger partial charge on any atom is -0.484 e. The number of aryl methyl sites for hydroxylation is 1. The molecule has 0 aromatic heterocycles. The first kappa shape index (κ1) is 25.8. The van der Waals surface area contributed by atoms with Crippen LogP contribution < -0.4 is 10.1 Å². The number of thioether (sulfide) groups is 1. The van der Waals surface area contributed by atoms with Gasteiger partial charge < -0.3 is 10.1 Å². The van der Waals surface area contributed by atoms with E-state index < -0.39 is 17.0 Å². The summed E-state index contributed by atoms with van der Waals surface area (Å²) in [5.41, 5.74) is 2.54.